The van der Waals surface area contributed by atoms with Crippen LogP contribution in [0.4, 0.5) is 0 Å². The van der Waals surface area contributed by atoms with Crippen LogP contribution in [0.1, 0.15) is 11.3 Å². The molecule has 0 saturated carbocycles. The number of aromatic nitrogens is 1. The molecule has 1 aliphatic carbocycles. The molecule has 0 unspecified atom stereocenters. The zero-order chi connectivity index (χ0) is 6.27. The molecule has 0 aromatic carbocycles. The summed E-state index contributed by atoms with van der Waals surface area (Å²) in [6.07, 6.45) is 4.49. The summed E-state index contributed by atoms with van der Waals surface area (Å²) >= 11 is 0. The van der Waals surface area contributed by atoms with Crippen LogP contribution in [0.15, 0.2) is 10.6 Å². The summed E-state index contributed by atoms with van der Waals surface area (Å²) in [6.45, 7) is 0. The highest BCUT2D eigenvalue weighted by Crippen LogP contribution is 2.26. The van der Waals surface area contributed by atoms with Crippen LogP contribution in [0.3, 0.4) is 0 Å². The van der Waals surface area contributed by atoms with Gasteiger partial charge in [-0.3, -0.25) is 0 Å². The minimum Gasteiger partial charge on any atom is -0.491 e. The lowest BCUT2D eigenvalue weighted by Crippen LogP contribution is -1.69. The lowest BCUT2D eigenvalue weighted by Gasteiger charge is -1.78. The molecule has 0 saturated heterocycles. The maximum atomic E-state index is 8.92. The third-order valence-electron chi connectivity index (χ3n) is 1.37. The Balaban J connectivity index is 2.67. The minimum atomic E-state index is -0.00116. The molecule has 1 aliphatic rings. The first-order valence-corrected chi connectivity index (χ1v) is 2.72. The normalized spacial score (nSPS) is 14.2. The highest BCUT2D eigenvalue weighted by molar-refractivity contribution is 5.60. The summed E-state index contributed by atoms with van der Waals surface area (Å²) in [5, 5.41) is 12.3. The molecule has 0 radical (unpaired) electrons. The van der Waals surface area contributed by atoms with Crippen molar-refractivity contribution in [1.82, 2.24) is 5.16 Å². The van der Waals surface area contributed by atoms with E-state index in [1.54, 1.807) is 6.08 Å². The van der Waals surface area contributed by atoms with Gasteiger partial charge in [0.05, 0.1) is 5.56 Å². The number of aromatic hydroxyl groups is 1. The van der Waals surface area contributed by atoms with Gasteiger partial charge in [-0.05, 0) is 11.2 Å². The molecule has 1 heterocycles. The third kappa shape index (κ3) is 0.483. The molecule has 3 nitrogen and oxygen atoms in total. The first kappa shape index (κ1) is 4.61. The molecule has 0 bridgehead atoms. The Morgan fingerprint density at radius 1 is 1.67 bits per heavy atom. The fraction of sp³-hybridized carbons (Fsp3) is 0.167. The van der Waals surface area contributed by atoms with Crippen molar-refractivity contribution in [2.24, 2.45) is 0 Å². The van der Waals surface area contributed by atoms with Gasteiger partial charge in [-0.1, -0.05) is 6.08 Å². The second-order valence-corrected chi connectivity index (χ2v) is 1.95. The summed E-state index contributed by atoms with van der Waals surface area (Å²) < 4.78 is 4.74. The van der Waals surface area contributed by atoms with Crippen molar-refractivity contribution in [3.63, 3.8) is 0 Å². The summed E-state index contributed by atoms with van der Waals surface area (Å²) in [5.74, 6) is 0.756. The first-order chi connectivity index (χ1) is 4.38. The molecule has 1 aromatic rings. The second kappa shape index (κ2) is 1.37. The maximum Gasteiger partial charge on any atom is 0.259 e. The van der Waals surface area contributed by atoms with Crippen molar-refractivity contribution in [3.8, 4) is 5.88 Å². The molecule has 1 N–H and O–H groups in total. The largest absolute Gasteiger partial charge is 0.491 e. The van der Waals surface area contributed by atoms with Crippen molar-refractivity contribution in [2.45, 2.75) is 6.42 Å². The van der Waals surface area contributed by atoms with Crippen molar-refractivity contribution in [3.05, 3.63) is 17.4 Å². The summed E-state index contributed by atoms with van der Waals surface area (Å²) in [7, 11) is 0. The molecule has 3 heteroatoms. The van der Waals surface area contributed by atoms with Crippen LogP contribution < -0.4 is 0 Å². The molecule has 46 valence electrons. The molecule has 1 aromatic heterocycles. The Morgan fingerprint density at radius 2 is 2.56 bits per heavy atom. The molecule has 0 amide bonds. The van der Waals surface area contributed by atoms with Gasteiger partial charge in [-0.25, -0.2) is 0 Å². The van der Waals surface area contributed by atoms with E-state index in [1.165, 1.54) is 0 Å². The monoisotopic (exact) mass is 123 g/mol. The van der Waals surface area contributed by atoms with Gasteiger partial charge in [0.25, 0.3) is 5.88 Å². The fourth-order valence-corrected chi connectivity index (χ4v) is 0.920. The van der Waals surface area contributed by atoms with Crippen LogP contribution in [0.5, 0.6) is 5.88 Å². The Kier molecular flexibility index (Phi) is 0.704. The standard InChI is InChI=1S/C6H5NO2/c8-6-4-2-1-3-5(4)9-7-6/h1-2H,3H2,(H,7,8). The van der Waals surface area contributed by atoms with E-state index < -0.39 is 0 Å². The van der Waals surface area contributed by atoms with Crippen LogP contribution in [-0.4, -0.2) is 10.3 Å². The number of rotatable bonds is 0. The molecule has 9 heavy (non-hydrogen) atoms. The van der Waals surface area contributed by atoms with Crippen LogP contribution in [0, 0.1) is 0 Å². The van der Waals surface area contributed by atoms with Gasteiger partial charge in [-0.2, -0.15) is 0 Å². The van der Waals surface area contributed by atoms with E-state index in [4.69, 9.17) is 9.63 Å². The van der Waals surface area contributed by atoms with E-state index in [0.29, 0.717) is 0 Å². The van der Waals surface area contributed by atoms with E-state index in [9.17, 15) is 0 Å². The van der Waals surface area contributed by atoms with Crippen LogP contribution >= 0.6 is 0 Å². The molecule has 2 rings (SSSR count). The third-order valence-corrected chi connectivity index (χ3v) is 1.37. The Labute approximate surface area is 51.6 Å². The lowest BCUT2D eigenvalue weighted by molar-refractivity contribution is 0.345. The topological polar surface area (TPSA) is 46.3 Å². The van der Waals surface area contributed by atoms with Gasteiger partial charge in [0, 0.05) is 6.42 Å². The molecule has 0 fully saturated rings. The summed E-state index contributed by atoms with van der Waals surface area (Å²) in [5.41, 5.74) is 0.731. The molecule has 0 atom stereocenters. The van der Waals surface area contributed by atoms with Crippen molar-refractivity contribution in [2.75, 3.05) is 0 Å². The van der Waals surface area contributed by atoms with Gasteiger partial charge in [0.1, 0.15) is 0 Å². The number of hydrogen-bond donors (Lipinski definition) is 1. The highest BCUT2D eigenvalue weighted by Gasteiger charge is 2.14. The molecular formula is C6H5NO2. The van der Waals surface area contributed by atoms with E-state index in [-0.39, 0.29) is 5.88 Å². The van der Waals surface area contributed by atoms with Gasteiger partial charge in [0.15, 0.2) is 5.76 Å². The highest BCUT2D eigenvalue weighted by atomic mass is 16.5. The van der Waals surface area contributed by atoms with Gasteiger partial charge in [0.2, 0.25) is 0 Å². The van der Waals surface area contributed by atoms with E-state index >= 15 is 0 Å². The SMILES string of the molecule is Oc1noc2c1C=CC2. The summed E-state index contributed by atoms with van der Waals surface area (Å²) in [4.78, 5) is 0. The average Bonchev–Trinajstić information content (AvgIpc) is 2.35. The molecule has 0 spiro atoms. The smallest absolute Gasteiger partial charge is 0.259 e. The zero-order valence-corrected chi connectivity index (χ0v) is 4.66. The van der Waals surface area contributed by atoms with E-state index in [1.807, 2.05) is 6.08 Å². The molecular weight excluding hydrogens is 118 g/mol. The van der Waals surface area contributed by atoms with Crippen molar-refractivity contribution >= 4 is 6.08 Å². The van der Waals surface area contributed by atoms with Gasteiger partial charge < -0.3 is 9.63 Å². The van der Waals surface area contributed by atoms with E-state index in [0.717, 1.165) is 17.7 Å². The van der Waals surface area contributed by atoms with Gasteiger partial charge >= 0.3 is 0 Å². The average molecular weight is 123 g/mol. The number of fused-ring (bicyclic) bond motifs is 1. The van der Waals surface area contributed by atoms with Crippen LogP contribution in [-0.2, 0) is 6.42 Å². The van der Waals surface area contributed by atoms with E-state index in [2.05, 4.69) is 5.16 Å². The number of hydrogen-bond acceptors (Lipinski definition) is 3. The summed E-state index contributed by atoms with van der Waals surface area (Å²) in [6, 6.07) is 0. The van der Waals surface area contributed by atoms with Crippen molar-refractivity contribution < 1.29 is 9.63 Å². The first-order valence-electron chi connectivity index (χ1n) is 2.72. The number of allylic oxidation sites excluding steroid dienone is 1. The van der Waals surface area contributed by atoms with Crippen molar-refractivity contribution in [1.29, 1.82) is 0 Å². The van der Waals surface area contributed by atoms with Crippen LogP contribution in [0.25, 0.3) is 6.08 Å². The van der Waals surface area contributed by atoms with Gasteiger partial charge in [-0.15, -0.1) is 0 Å². The minimum absolute atomic E-state index is 0.00116. The predicted molar refractivity (Wildman–Crippen MR) is 30.9 cm³/mol. The predicted octanol–water partition coefficient (Wildman–Crippen LogP) is 0.950. The Hall–Kier alpha value is -1.25. The number of nitrogens with zero attached hydrogens (tertiary/aromatic N) is 1. The fourth-order valence-electron chi connectivity index (χ4n) is 0.920. The Bertz CT molecular complexity index is 262. The zero-order valence-electron chi connectivity index (χ0n) is 4.66. The maximum absolute atomic E-state index is 8.92. The quantitative estimate of drug-likeness (QED) is 0.558. The molecule has 0 aliphatic heterocycles. The van der Waals surface area contributed by atoms with Crippen LogP contribution in [0.2, 0.25) is 0 Å². The second-order valence-electron chi connectivity index (χ2n) is 1.95. The lowest BCUT2D eigenvalue weighted by atomic mass is 10.3. The Morgan fingerprint density at radius 3 is 3.33 bits per heavy atom.